The van der Waals surface area contributed by atoms with Gasteiger partial charge < -0.3 is 5.73 Å². The summed E-state index contributed by atoms with van der Waals surface area (Å²) in [6.07, 6.45) is 9.11. The second-order valence-electron chi connectivity index (χ2n) is 3.26. The minimum atomic E-state index is -0.383. The molecule has 0 aromatic heterocycles. The second kappa shape index (κ2) is 7.27. The van der Waals surface area contributed by atoms with Crippen LogP contribution in [0.15, 0.2) is 36.5 Å². The van der Waals surface area contributed by atoms with E-state index in [1.807, 2.05) is 31.2 Å². The van der Waals surface area contributed by atoms with Crippen LogP contribution in [-0.4, -0.2) is 11.8 Å². The van der Waals surface area contributed by atoms with Gasteiger partial charge in [-0.15, -0.1) is 6.58 Å². The Bertz CT molecular complexity index is 251. The van der Waals surface area contributed by atoms with Gasteiger partial charge in [0.15, 0.2) is 0 Å². The van der Waals surface area contributed by atoms with Crippen LogP contribution in [0.3, 0.4) is 0 Å². The standard InChI is InChI=1S/C12H19NO/c1-4-6-8-11(7-5-2)9-12(13)10(3)14/h4-6,8,12H,2,7,9,13H2,1,3H3/b6-4-,11-8+. The second-order valence-corrected chi connectivity index (χ2v) is 3.26. The van der Waals surface area contributed by atoms with Gasteiger partial charge in [0.2, 0.25) is 0 Å². The Morgan fingerprint density at radius 1 is 1.57 bits per heavy atom. The number of carbonyl (C=O) groups is 1. The van der Waals surface area contributed by atoms with Gasteiger partial charge in [0, 0.05) is 0 Å². The highest BCUT2D eigenvalue weighted by atomic mass is 16.1. The summed E-state index contributed by atoms with van der Waals surface area (Å²) in [5.74, 6) is 0.0282. The van der Waals surface area contributed by atoms with E-state index in [4.69, 9.17) is 5.73 Å². The van der Waals surface area contributed by atoms with Crippen LogP contribution in [0, 0.1) is 0 Å². The summed E-state index contributed by atoms with van der Waals surface area (Å²) in [6, 6.07) is -0.383. The molecule has 0 spiro atoms. The summed E-state index contributed by atoms with van der Waals surface area (Å²) in [7, 11) is 0. The first-order chi connectivity index (χ1) is 6.61. The van der Waals surface area contributed by atoms with Crippen LogP contribution in [0.2, 0.25) is 0 Å². The first-order valence-corrected chi connectivity index (χ1v) is 4.79. The first kappa shape index (κ1) is 12.8. The zero-order valence-corrected chi connectivity index (χ0v) is 8.99. The molecule has 0 amide bonds. The van der Waals surface area contributed by atoms with E-state index in [0.29, 0.717) is 6.42 Å². The molecule has 2 heteroatoms. The Morgan fingerprint density at radius 3 is 2.64 bits per heavy atom. The van der Waals surface area contributed by atoms with Gasteiger partial charge in [-0.2, -0.15) is 0 Å². The van der Waals surface area contributed by atoms with Crippen molar-refractivity contribution in [2.75, 3.05) is 0 Å². The number of hydrogen-bond donors (Lipinski definition) is 1. The molecule has 0 fully saturated rings. The van der Waals surface area contributed by atoms with Crippen LogP contribution in [0.5, 0.6) is 0 Å². The average Bonchev–Trinajstić information content (AvgIpc) is 2.14. The molecule has 2 N–H and O–H groups in total. The average molecular weight is 193 g/mol. The van der Waals surface area contributed by atoms with Crippen molar-refractivity contribution in [1.82, 2.24) is 0 Å². The van der Waals surface area contributed by atoms with Crippen LogP contribution in [-0.2, 0) is 4.79 Å². The molecule has 78 valence electrons. The van der Waals surface area contributed by atoms with Crippen LogP contribution in [0.25, 0.3) is 0 Å². The molecule has 1 atom stereocenters. The van der Waals surface area contributed by atoms with E-state index in [1.165, 1.54) is 6.92 Å². The lowest BCUT2D eigenvalue weighted by Gasteiger charge is -2.09. The Hall–Kier alpha value is -1.15. The SMILES string of the molecule is C=CC/C(=C\C=C/C)CC(N)C(C)=O. The highest BCUT2D eigenvalue weighted by Gasteiger charge is 2.09. The molecule has 2 nitrogen and oxygen atoms in total. The molecule has 0 bridgehead atoms. The lowest BCUT2D eigenvalue weighted by molar-refractivity contribution is -0.118. The van der Waals surface area contributed by atoms with Gasteiger partial charge in [0.25, 0.3) is 0 Å². The first-order valence-electron chi connectivity index (χ1n) is 4.79. The van der Waals surface area contributed by atoms with Crippen molar-refractivity contribution < 1.29 is 4.79 Å². The maximum atomic E-state index is 11.0. The lowest BCUT2D eigenvalue weighted by Crippen LogP contribution is -2.28. The van der Waals surface area contributed by atoms with Crippen LogP contribution in [0.1, 0.15) is 26.7 Å². The van der Waals surface area contributed by atoms with Gasteiger partial charge in [-0.1, -0.05) is 29.9 Å². The quantitative estimate of drug-likeness (QED) is 0.520. The third-order valence-corrected chi connectivity index (χ3v) is 1.94. The summed E-state index contributed by atoms with van der Waals surface area (Å²) in [6.45, 7) is 7.14. The Kier molecular flexibility index (Phi) is 6.68. The van der Waals surface area contributed by atoms with Gasteiger partial charge in [0.1, 0.15) is 5.78 Å². The molecular formula is C12H19NO. The summed E-state index contributed by atoms with van der Waals surface area (Å²) < 4.78 is 0. The Labute approximate surface area is 86.2 Å². The van der Waals surface area contributed by atoms with Crippen molar-refractivity contribution in [3.05, 3.63) is 36.5 Å². The van der Waals surface area contributed by atoms with Crippen molar-refractivity contribution >= 4 is 5.78 Å². The summed E-state index contributed by atoms with van der Waals surface area (Å²) in [4.78, 5) is 11.0. The van der Waals surface area contributed by atoms with Gasteiger partial charge in [-0.3, -0.25) is 4.79 Å². The van der Waals surface area contributed by atoms with Crippen molar-refractivity contribution in [2.45, 2.75) is 32.7 Å². The van der Waals surface area contributed by atoms with E-state index in [-0.39, 0.29) is 11.8 Å². The van der Waals surface area contributed by atoms with Crippen molar-refractivity contribution in [3.8, 4) is 0 Å². The number of nitrogens with two attached hydrogens (primary N) is 1. The van der Waals surface area contributed by atoms with Gasteiger partial charge in [-0.25, -0.2) is 0 Å². The molecule has 1 unspecified atom stereocenters. The third-order valence-electron chi connectivity index (χ3n) is 1.94. The molecule has 0 aliphatic heterocycles. The summed E-state index contributed by atoms with van der Waals surface area (Å²) in [5, 5.41) is 0. The molecule has 0 heterocycles. The number of carbonyl (C=O) groups excluding carboxylic acids is 1. The maximum Gasteiger partial charge on any atom is 0.146 e. The third kappa shape index (κ3) is 5.49. The largest absolute Gasteiger partial charge is 0.321 e. The van der Waals surface area contributed by atoms with E-state index >= 15 is 0 Å². The Morgan fingerprint density at radius 2 is 2.21 bits per heavy atom. The molecule has 0 radical (unpaired) electrons. The van der Waals surface area contributed by atoms with Crippen molar-refractivity contribution in [2.24, 2.45) is 5.73 Å². The van der Waals surface area contributed by atoms with Crippen molar-refractivity contribution in [1.29, 1.82) is 0 Å². The lowest BCUT2D eigenvalue weighted by atomic mass is 10.0. The highest BCUT2D eigenvalue weighted by molar-refractivity contribution is 5.81. The number of ketones is 1. The fraction of sp³-hybridized carbons (Fsp3) is 0.417. The fourth-order valence-corrected chi connectivity index (χ4v) is 1.06. The van der Waals surface area contributed by atoms with Gasteiger partial charge in [0.05, 0.1) is 6.04 Å². The normalized spacial score (nSPS) is 14.4. The van der Waals surface area contributed by atoms with Crippen LogP contribution < -0.4 is 5.73 Å². The zero-order chi connectivity index (χ0) is 11.0. The van der Waals surface area contributed by atoms with Gasteiger partial charge in [-0.05, 0) is 26.7 Å². The number of rotatable bonds is 6. The molecule has 0 aliphatic rings. The number of allylic oxidation sites excluding steroid dienone is 4. The topological polar surface area (TPSA) is 43.1 Å². The molecular weight excluding hydrogens is 174 g/mol. The van der Waals surface area contributed by atoms with Crippen LogP contribution in [0.4, 0.5) is 0 Å². The minimum absolute atomic E-state index is 0.0282. The van der Waals surface area contributed by atoms with E-state index in [1.54, 1.807) is 0 Å². The number of hydrogen-bond acceptors (Lipinski definition) is 2. The minimum Gasteiger partial charge on any atom is -0.321 e. The highest BCUT2D eigenvalue weighted by Crippen LogP contribution is 2.10. The predicted octanol–water partition coefficient (Wildman–Crippen LogP) is 2.37. The van der Waals surface area contributed by atoms with Gasteiger partial charge >= 0.3 is 0 Å². The zero-order valence-electron chi connectivity index (χ0n) is 8.99. The fourth-order valence-electron chi connectivity index (χ4n) is 1.06. The maximum absolute atomic E-state index is 11.0. The monoisotopic (exact) mass is 193 g/mol. The van der Waals surface area contributed by atoms with E-state index in [2.05, 4.69) is 6.58 Å². The summed E-state index contributed by atoms with van der Waals surface area (Å²) in [5.41, 5.74) is 6.81. The number of Topliss-reactive ketones (excluding diaryl/α,β-unsaturated/α-hetero) is 1. The predicted molar refractivity (Wildman–Crippen MR) is 61.0 cm³/mol. The molecule has 14 heavy (non-hydrogen) atoms. The molecule has 0 rings (SSSR count). The molecule has 0 saturated carbocycles. The Balaban J connectivity index is 4.36. The van der Waals surface area contributed by atoms with Crippen molar-refractivity contribution in [3.63, 3.8) is 0 Å². The summed E-state index contributed by atoms with van der Waals surface area (Å²) >= 11 is 0. The molecule has 0 saturated heterocycles. The van der Waals surface area contributed by atoms with E-state index < -0.39 is 0 Å². The van der Waals surface area contributed by atoms with E-state index in [9.17, 15) is 4.79 Å². The smallest absolute Gasteiger partial charge is 0.146 e. The molecule has 0 aliphatic carbocycles. The molecule has 0 aromatic rings. The van der Waals surface area contributed by atoms with Crippen LogP contribution >= 0.6 is 0 Å². The van der Waals surface area contributed by atoms with E-state index in [0.717, 1.165) is 12.0 Å². The molecule has 0 aromatic carbocycles.